The van der Waals surface area contributed by atoms with Crippen LogP contribution in [0.1, 0.15) is 0 Å². The molecule has 2 nitrogen and oxygen atoms in total. The summed E-state index contributed by atoms with van der Waals surface area (Å²) in [4.78, 5) is 0.912. The number of rotatable bonds is 1. The molecule has 1 aromatic carbocycles. The smallest absolute Gasteiger partial charge is 0.872 e. The first-order chi connectivity index (χ1) is 4.33. The van der Waals surface area contributed by atoms with Gasteiger partial charge in [0, 0.05) is 4.90 Å². The van der Waals surface area contributed by atoms with Gasteiger partial charge >= 0.3 is 29.6 Å². The molecule has 0 saturated heterocycles. The summed E-state index contributed by atoms with van der Waals surface area (Å²) in [6.45, 7) is 0. The van der Waals surface area contributed by atoms with Gasteiger partial charge in [0.05, 0.1) is 0 Å². The molecule has 0 fully saturated rings. The van der Waals surface area contributed by atoms with E-state index in [1.54, 1.807) is 12.1 Å². The minimum absolute atomic E-state index is 0. The number of hydrogen-bond acceptors (Lipinski definition) is 3. The summed E-state index contributed by atoms with van der Waals surface area (Å²) in [5.74, 6) is 0.0211. The summed E-state index contributed by atoms with van der Waals surface area (Å²) in [5, 5.41) is 15.7. The van der Waals surface area contributed by atoms with Crippen molar-refractivity contribution in [2.24, 2.45) is 5.14 Å². The van der Waals surface area contributed by atoms with E-state index in [2.05, 4.69) is 0 Å². The third-order valence-electron chi connectivity index (χ3n) is 0.960. The normalized spacial score (nSPS) is 8.50. The summed E-state index contributed by atoms with van der Waals surface area (Å²) >= 11 is 1.14. The predicted molar refractivity (Wildman–Crippen MR) is 35.9 cm³/mol. The van der Waals surface area contributed by atoms with Gasteiger partial charge < -0.3 is 5.11 Å². The molecule has 0 bridgehead atoms. The van der Waals surface area contributed by atoms with Crippen LogP contribution in [0.4, 0.5) is 0 Å². The van der Waals surface area contributed by atoms with Gasteiger partial charge in [-0.1, -0.05) is 12.1 Å². The second-order valence-corrected chi connectivity index (χ2v) is 2.30. The molecule has 0 aliphatic rings. The van der Waals surface area contributed by atoms with Gasteiger partial charge in [-0.15, -0.1) is 5.75 Å². The first kappa shape index (κ1) is 10.3. The molecule has 10 heavy (non-hydrogen) atoms. The van der Waals surface area contributed by atoms with Gasteiger partial charge in [-0.25, -0.2) is 0 Å². The van der Waals surface area contributed by atoms with Crippen LogP contribution < -0.4 is 39.8 Å². The summed E-state index contributed by atoms with van der Waals surface area (Å²) in [5.41, 5.74) is 0. The van der Waals surface area contributed by atoms with Gasteiger partial charge in [0.25, 0.3) is 0 Å². The molecule has 0 aliphatic carbocycles. The maximum Gasteiger partial charge on any atom is 1.00 e. The van der Waals surface area contributed by atoms with Crippen LogP contribution in [-0.2, 0) is 0 Å². The maximum absolute atomic E-state index is 10.5. The first-order valence-corrected chi connectivity index (χ1v) is 3.34. The monoisotopic (exact) mass is 163 g/mol. The van der Waals surface area contributed by atoms with Crippen molar-refractivity contribution < 1.29 is 34.7 Å². The van der Waals surface area contributed by atoms with Gasteiger partial charge in [-0.3, -0.25) is 5.14 Å². The van der Waals surface area contributed by atoms with Crippen molar-refractivity contribution in [1.82, 2.24) is 0 Å². The molecule has 2 N–H and O–H groups in total. The zero-order valence-corrected chi connectivity index (χ0v) is 8.52. The van der Waals surface area contributed by atoms with E-state index in [0.717, 1.165) is 16.8 Å². The fourth-order valence-corrected chi connectivity index (χ4v) is 0.811. The topological polar surface area (TPSA) is 49.1 Å². The van der Waals surface area contributed by atoms with Crippen molar-refractivity contribution in [1.29, 1.82) is 0 Å². The van der Waals surface area contributed by atoms with Crippen LogP contribution in [0.2, 0.25) is 0 Å². The summed E-state index contributed by atoms with van der Waals surface area (Å²) in [6.07, 6.45) is 0. The molecule has 0 saturated carbocycles. The van der Waals surface area contributed by atoms with Crippen molar-refractivity contribution >= 4 is 11.9 Å². The average molecular weight is 163 g/mol. The van der Waals surface area contributed by atoms with E-state index >= 15 is 0 Å². The molecule has 0 aromatic heterocycles. The van der Waals surface area contributed by atoms with Crippen LogP contribution in [0.15, 0.2) is 29.2 Å². The Labute approximate surface area is 86.2 Å². The molecule has 4 heteroatoms. The van der Waals surface area contributed by atoms with E-state index in [-0.39, 0.29) is 35.3 Å². The Balaban J connectivity index is 0.000000810. The van der Waals surface area contributed by atoms with Gasteiger partial charge in [0.15, 0.2) is 0 Å². The van der Waals surface area contributed by atoms with E-state index in [1.165, 1.54) is 12.1 Å². The van der Waals surface area contributed by atoms with Crippen molar-refractivity contribution in [3.05, 3.63) is 24.3 Å². The molecular formula is C6H6NNaOS. The van der Waals surface area contributed by atoms with Crippen molar-refractivity contribution in [2.45, 2.75) is 4.90 Å². The average Bonchev–Trinajstić information content (AvgIpc) is 1.90. The summed E-state index contributed by atoms with van der Waals surface area (Å²) in [7, 11) is 0. The third kappa shape index (κ3) is 2.94. The molecule has 0 atom stereocenters. The van der Waals surface area contributed by atoms with Crippen molar-refractivity contribution in [3.63, 3.8) is 0 Å². The van der Waals surface area contributed by atoms with Crippen LogP contribution in [0.25, 0.3) is 0 Å². The Bertz CT molecular complexity index is 189. The molecule has 1 rings (SSSR count). The van der Waals surface area contributed by atoms with Crippen LogP contribution in [0, 0.1) is 0 Å². The Hall–Kier alpha value is 0.330. The number of nitrogens with two attached hydrogens (primary N) is 1. The van der Waals surface area contributed by atoms with Crippen LogP contribution in [0.5, 0.6) is 5.75 Å². The quantitative estimate of drug-likeness (QED) is 0.375. The molecule has 48 valence electrons. The molecule has 0 unspecified atom stereocenters. The largest absolute Gasteiger partial charge is 1.00 e. The SMILES string of the molecule is NSc1ccc([O-])cc1.[Na+]. The van der Waals surface area contributed by atoms with E-state index < -0.39 is 0 Å². The number of benzene rings is 1. The first-order valence-electron chi connectivity index (χ1n) is 2.47. The Morgan fingerprint density at radius 1 is 1.20 bits per heavy atom. The third-order valence-corrected chi connectivity index (χ3v) is 1.50. The fraction of sp³-hybridized carbons (Fsp3) is 0. The van der Waals surface area contributed by atoms with Gasteiger partial charge in [0.1, 0.15) is 0 Å². The Morgan fingerprint density at radius 2 is 1.70 bits per heavy atom. The molecule has 1 aromatic rings. The van der Waals surface area contributed by atoms with E-state index in [4.69, 9.17) is 5.14 Å². The standard InChI is InChI=1S/C6H7NOS.Na/c7-9-6-3-1-5(8)2-4-6;/h1-4,8H,7H2;/q;+1/p-1. The molecule has 0 spiro atoms. The van der Waals surface area contributed by atoms with Crippen LogP contribution in [-0.4, -0.2) is 0 Å². The minimum atomic E-state index is 0. The van der Waals surface area contributed by atoms with E-state index in [1.807, 2.05) is 0 Å². The van der Waals surface area contributed by atoms with Crippen molar-refractivity contribution in [2.75, 3.05) is 0 Å². The van der Waals surface area contributed by atoms with E-state index in [9.17, 15) is 5.11 Å². The number of hydrogen-bond donors (Lipinski definition) is 1. The maximum atomic E-state index is 10.5. The predicted octanol–water partition coefficient (Wildman–Crippen LogP) is -2.27. The Kier molecular flexibility index (Phi) is 5.21. The summed E-state index contributed by atoms with van der Waals surface area (Å²) < 4.78 is 0. The molecule has 0 radical (unpaired) electrons. The van der Waals surface area contributed by atoms with Gasteiger partial charge in [0.2, 0.25) is 0 Å². The fourth-order valence-electron chi connectivity index (χ4n) is 0.518. The zero-order valence-electron chi connectivity index (χ0n) is 5.70. The second kappa shape index (κ2) is 5.04. The van der Waals surface area contributed by atoms with Crippen LogP contribution in [0.3, 0.4) is 0 Å². The second-order valence-electron chi connectivity index (χ2n) is 1.59. The molecule has 0 amide bonds. The van der Waals surface area contributed by atoms with Crippen LogP contribution >= 0.6 is 11.9 Å². The zero-order chi connectivity index (χ0) is 6.69. The summed E-state index contributed by atoms with van der Waals surface area (Å²) in [6, 6.07) is 6.39. The van der Waals surface area contributed by atoms with Crippen molar-refractivity contribution in [3.8, 4) is 5.75 Å². The molecule has 0 aliphatic heterocycles. The van der Waals surface area contributed by atoms with E-state index in [0.29, 0.717) is 0 Å². The molecule has 0 heterocycles. The molecular weight excluding hydrogens is 157 g/mol. The van der Waals surface area contributed by atoms with Gasteiger partial charge in [-0.05, 0) is 24.1 Å². The Morgan fingerprint density at radius 3 is 2.10 bits per heavy atom. The van der Waals surface area contributed by atoms with Gasteiger partial charge in [-0.2, -0.15) is 0 Å². The minimum Gasteiger partial charge on any atom is -0.872 e.